The van der Waals surface area contributed by atoms with E-state index in [1.807, 2.05) is 0 Å². The van der Waals surface area contributed by atoms with Gasteiger partial charge < -0.3 is 15.5 Å². The maximum atomic E-state index is 13.0. The van der Waals surface area contributed by atoms with Gasteiger partial charge in [0, 0.05) is 31.6 Å². The Morgan fingerprint density at radius 3 is 2.48 bits per heavy atom. The second kappa shape index (κ2) is 7.59. The molecule has 122 valence electrons. The van der Waals surface area contributed by atoms with E-state index in [0.717, 1.165) is 65.0 Å². The van der Waals surface area contributed by atoms with E-state index >= 15 is 0 Å². The van der Waals surface area contributed by atoms with Crippen LogP contribution in [0.5, 0.6) is 0 Å². The van der Waals surface area contributed by atoms with Crippen LogP contribution >= 0.6 is 0 Å². The summed E-state index contributed by atoms with van der Waals surface area (Å²) in [4.78, 5) is 17.6. The van der Waals surface area contributed by atoms with Crippen LogP contribution in [-0.2, 0) is 4.79 Å². The third kappa shape index (κ3) is 3.98. The van der Waals surface area contributed by atoms with E-state index in [-0.39, 0.29) is 5.41 Å². The fourth-order valence-corrected chi connectivity index (χ4v) is 3.98. The molecule has 1 aliphatic heterocycles. The predicted molar refractivity (Wildman–Crippen MR) is 87.0 cm³/mol. The summed E-state index contributed by atoms with van der Waals surface area (Å²) in [6.07, 6.45) is 6.78. The molecule has 2 rings (SSSR count). The number of hydrogen-bond donors (Lipinski definition) is 1. The van der Waals surface area contributed by atoms with Gasteiger partial charge in [0.1, 0.15) is 0 Å². The summed E-state index contributed by atoms with van der Waals surface area (Å²) in [6.45, 7) is 10.2. The number of hydrogen-bond acceptors (Lipinski definition) is 3. The zero-order chi connectivity index (χ0) is 15.3. The van der Waals surface area contributed by atoms with E-state index in [0.29, 0.717) is 11.8 Å². The van der Waals surface area contributed by atoms with Crippen LogP contribution < -0.4 is 5.73 Å². The molecule has 2 fully saturated rings. The number of amides is 1. The summed E-state index contributed by atoms with van der Waals surface area (Å²) in [7, 11) is 0. The maximum absolute atomic E-state index is 13.0. The smallest absolute Gasteiger partial charge is 0.228 e. The molecule has 1 unspecified atom stereocenters. The third-order valence-corrected chi connectivity index (χ3v) is 5.54. The molecular weight excluding hydrogens is 262 g/mol. The highest BCUT2D eigenvalue weighted by Crippen LogP contribution is 2.42. The first-order chi connectivity index (χ1) is 10.1. The lowest BCUT2D eigenvalue weighted by Crippen LogP contribution is -2.44. The minimum absolute atomic E-state index is 0.0281. The molecule has 1 atom stereocenters. The largest absolute Gasteiger partial charge is 0.341 e. The third-order valence-electron chi connectivity index (χ3n) is 5.54. The number of carbonyl (C=O) groups excluding carboxylic acids is 1. The van der Waals surface area contributed by atoms with Crippen LogP contribution in [0.25, 0.3) is 0 Å². The van der Waals surface area contributed by atoms with Crippen molar-refractivity contribution in [1.82, 2.24) is 9.80 Å². The average molecular weight is 295 g/mol. The van der Waals surface area contributed by atoms with Gasteiger partial charge in [0.2, 0.25) is 5.91 Å². The lowest BCUT2D eigenvalue weighted by molar-refractivity contribution is -0.142. The molecule has 1 heterocycles. The Kier molecular flexibility index (Phi) is 6.06. The molecule has 1 saturated heterocycles. The SMILES string of the molecule is CCC1(C(=O)N2CCCN(CC(C)CN)CC2)CCCC1. The van der Waals surface area contributed by atoms with Crippen LogP contribution in [0, 0.1) is 11.3 Å². The molecule has 4 nitrogen and oxygen atoms in total. The van der Waals surface area contributed by atoms with Crippen LogP contribution in [0.1, 0.15) is 52.4 Å². The molecule has 0 aromatic rings. The first-order valence-electron chi connectivity index (χ1n) is 8.83. The lowest BCUT2D eigenvalue weighted by atomic mass is 9.82. The fraction of sp³-hybridized carbons (Fsp3) is 0.941. The van der Waals surface area contributed by atoms with Crippen molar-refractivity contribution in [3.8, 4) is 0 Å². The van der Waals surface area contributed by atoms with Gasteiger partial charge in [-0.3, -0.25) is 4.79 Å². The van der Waals surface area contributed by atoms with Gasteiger partial charge in [-0.1, -0.05) is 26.7 Å². The molecule has 1 aliphatic carbocycles. The number of rotatable bonds is 5. The van der Waals surface area contributed by atoms with Gasteiger partial charge in [0.25, 0.3) is 0 Å². The molecule has 1 saturated carbocycles. The fourth-order valence-electron chi connectivity index (χ4n) is 3.98. The Morgan fingerprint density at radius 2 is 1.86 bits per heavy atom. The van der Waals surface area contributed by atoms with E-state index in [2.05, 4.69) is 23.6 Å². The standard InChI is InChI=1S/C17H33N3O/c1-3-17(7-4-5-8-17)16(21)20-10-6-9-19(11-12-20)14-15(2)13-18/h15H,3-14,18H2,1-2H3. The topological polar surface area (TPSA) is 49.6 Å². The Bertz CT molecular complexity index is 339. The van der Waals surface area contributed by atoms with Gasteiger partial charge in [-0.15, -0.1) is 0 Å². The number of carbonyl (C=O) groups is 1. The summed E-state index contributed by atoms with van der Waals surface area (Å²) in [6, 6.07) is 0. The van der Waals surface area contributed by atoms with Gasteiger partial charge >= 0.3 is 0 Å². The molecular formula is C17H33N3O. The molecule has 21 heavy (non-hydrogen) atoms. The maximum Gasteiger partial charge on any atom is 0.228 e. The van der Waals surface area contributed by atoms with Gasteiger partial charge in [-0.25, -0.2) is 0 Å². The van der Waals surface area contributed by atoms with Crippen molar-refractivity contribution in [2.45, 2.75) is 52.4 Å². The quantitative estimate of drug-likeness (QED) is 0.845. The minimum Gasteiger partial charge on any atom is -0.341 e. The van der Waals surface area contributed by atoms with Crippen LogP contribution in [0.2, 0.25) is 0 Å². The van der Waals surface area contributed by atoms with Crippen molar-refractivity contribution >= 4 is 5.91 Å². The van der Waals surface area contributed by atoms with Gasteiger partial charge in [-0.2, -0.15) is 0 Å². The first kappa shape index (κ1) is 16.8. The van der Waals surface area contributed by atoms with Gasteiger partial charge in [0.05, 0.1) is 0 Å². The highest BCUT2D eigenvalue weighted by molar-refractivity contribution is 5.83. The molecule has 2 aliphatic rings. The molecule has 0 aromatic carbocycles. The zero-order valence-electron chi connectivity index (χ0n) is 13.9. The molecule has 0 bridgehead atoms. The van der Waals surface area contributed by atoms with Crippen molar-refractivity contribution < 1.29 is 4.79 Å². The van der Waals surface area contributed by atoms with Crippen molar-refractivity contribution in [3.63, 3.8) is 0 Å². The Balaban J connectivity index is 1.91. The second-order valence-corrected chi connectivity index (χ2v) is 7.13. The Labute approximate surface area is 130 Å². The first-order valence-corrected chi connectivity index (χ1v) is 8.83. The van der Waals surface area contributed by atoms with E-state index in [1.165, 1.54) is 12.8 Å². The summed E-state index contributed by atoms with van der Waals surface area (Å²) < 4.78 is 0. The predicted octanol–water partition coefficient (Wildman–Crippen LogP) is 2.09. The van der Waals surface area contributed by atoms with Crippen LogP contribution in [0.4, 0.5) is 0 Å². The van der Waals surface area contributed by atoms with Crippen molar-refractivity contribution in [1.29, 1.82) is 0 Å². The molecule has 0 radical (unpaired) electrons. The van der Waals surface area contributed by atoms with Crippen molar-refractivity contribution in [3.05, 3.63) is 0 Å². The summed E-state index contributed by atoms with van der Waals surface area (Å²) in [5.41, 5.74) is 5.70. The van der Waals surface area contributed by atoms with E-state index in [4.69, 9.17) is 5.73 Å². The Morgan fingerprint density at radius 1 is 1.14 bits per heavy atom. The molecule has 0 aromatic heterocycles. The van der Waals surface area contributed by atoms with Crippen LogP contribution in [-0.4, -0.2) is 55.0 Å². The summed E-state index contributed by atoms with van der Waals surface area (Å²) in [5.74, 6) is 0.986. The highest BCUT2D eigenvalue weighted by atomic mass is 16.2. The monoisotopic (exact) mass is 295 g/mol. The van der Waals surface area contributed by atoms with Crippen molar-refractivity contribution in [2.24, 2.45) is 17.1 Å². The highest BCUT2D eigenvalue weighted by Gasteiger charge is 2.41. The van der Waals surface area contributed by atoms with Gasteiger partial charge in [-0.05, 0) is 44.7 Å². The van der Waals surface area contributed by atoms with Gasteiger partial charge in [0.15, 0.2) is 0 Å². The minimum atomic E-state index is -0.0281. The van der Waals surface area contributed by atoms with E-state index in [1.54, 1.807) is 0 Å². The summed E-state index contributed by atoms with van der Waals surface area (Å²) >= 11 is 0. The normalized spacial score (nSPS) is 24.8. The second-order valence-electron chi connectivity index (χ2n) is 7.13. The van der Waals surface area contributed by atoms with E-state index < -0.39 is 0 Å². The summed E-state index contributed by atoms with van der Waals surface area (Å²) in [5, 5.41) is 0. The number of nitrogens with zero attached hydrogens (tertiary/aromatic N) is 2. The average Bonchev–Trinajstić information content (AvgIpc) is 2.88. The Hall–Kier alpha value is -0.610. The van der Waals surface area contributed by atoms with Crippen molar-refractivity contribution in [2.75, 3.05) is 39.3 Å². The zero-order valence-corrected chi connectivity index (χ0v) is 13.9. The van der Waals surface area contributed by atoms with Crippen LogP contribution in [0.15, 0.2) is 0 Å². The lowest BCUT2D eigenvalue weighted by Gasteiger charge is -2.33. The van der Waals surface area contributed by atoms with E-state index in [9.17, 15) is 4.79 Å². The van der Waals surface area contributed by atoms with Crippen LogP contribution in [0.3, 0.4) is 0 Å². The molecule has 2 N–H and O–H groups in total. The molecule has 4 heteroatoms. The number of nitrogens with two attached hydrogens (primary N) is 1. The molecule has 0 spiro atoms. The molecule has 1 amide bonds.